The fourth-order valence-corrected chi connectivity index (χ4v) is 2.49. The molecule has 0 aromatic rings. The quantitative estimate of drug-likeness (QED) is 0.684. The highest BCUT2D eigenvalue weighted by atomic mass is 15.1. The lowest BCUT2D eigenvalue weighted by Gasteiger charge is -2.30. The molecule has 0 amide bonds. The van der Waals surface area contributed by atoms with Gasteiger partial charge in [0.25, 0.3) is 0 Å². The summed E-state index contributed by atoms with van der Waals surface area (Å²) in [5.41, 5.74) is 0. The normalized spacial score (nSPS) is 18.2. The fraction of sp³-hybridized carbons (Fsp3) is 1.00. The van der Waals surface area contributed by atoms with Crippen LogP contribution in [0.25, 0.3) is 0 Å². The van der Waals surface area contributed by atoms with Crippen molar-refractivity contribution in [2.75, 3.05) is 32.7 Å². The molecule has 1 aliphatic rings. The third-order valence-corrected chi connectivity index (χ3v) is 3.63. The minimum atomic E-state index is 0.954. The van der Waals surface area contributed by atoms with Crippen LogP contribution in [0, 0.1) is 5.92 Å². The van der Waals surface area contributed by atoms with E-state index in [0.717, 1.165) is 5.92 Å². The lowest BCUT2D eigenvalue weighted by atomic mass is 9.97. The minimum absolute atomic E-state index is 0.954. The largest absolute Gasteiger partial charge is 0.317 e. The first-order valence-corrected chi connectivity index (χ1v) is 7.29. The van der Waals surface area contributed by atoms with E-state index in [1.807, 2.05) is 0 Å². The maximum Gasteiger partial charge on any atom is 0.00106 e. The molecule has 1 N–H and O–H groups in total. The summed E-state index contributed by atoms with van der Waals surface area (Å²) in [5, 5.41) is 3.46. The van der Waals surface area contributed by atoms with Crippen LogP contribution in [0.1, 0.15) is 52.4 Å². The molecule has 0 unspecified atom stereocenters. The second-order valence-corrected chi connectivity index (χ2v) is 5.20. The number of hydrogen-bond donors (Lipinski definition) is 1. The van der Waals surface area contributed by atoms with Crippen molar-refractivity contribution in [3.05, 3.63) is 0 Å². The predicted molar refractivity (Wildman–Crippen MR) is 71.8 cm³/mol. The number of nitrogens with one attached hydrogen (secondary N) is 1. The van der Waals surface area contributed by atoms with E-state index in [2.05, 4.69) is 24.1 Å². The standard InChI is InChI=1S/C14H30N2/c1-3-5-11-16(12-6-4-2)13-14-7-9-15-10-8-14/h14-15H,3-13H2,1-2H3. The van der Waals surface area contributed by atoms with Gasteiger partial charge in [0.1, 0.15) is 0 Å². The number of hydrogen-bond acceptors (Lipinski definition) is 2. The average molecular weight is 226 g/mol. The van der Waals surface area contributed by atoms with Crippen LogP contribution in [0.4, 0.5) is 0 Å². The molecule has 0 bridgehead atoms. The molecular formula is C14H30N2. The summed E-state index contributed by atoms with van der Waals surface area (Å²) < 4.78 is 0. The highest BCUT2D eigenvalue weighted by molar-refractivity contribution is 4.72. The molecule has 2 nitrogen and oxygen atoms in total. The molecule has 0 aromatic heterocycles. The van der Waals surface area contributed by atoms with Crippen LogP contribution in [-0.4, -0.2) is 37.6 Å². The minimum Gasteiger partial charge on any atom is -0.317 e. The van der Waals surface area contributed by atoms with Gasteiger partial charge in [0.15, 0.2) is 0 Å². The van der Waals surface area contributed by atoms with Crippen molar-refractivity contribution in [2.24, 2.45) is 5.92 Å². The number of unbranched alkanes of at least 4 members (excludes halogenated alkanes) is 2. The summed E-state index contributed by atoms with van der Waals surface area (Å²) in [4.78, 5) is 2.71. The van der Waals surface area contributed by atoms with E-state index in [0.29, 0.717) is 0 Å². The van der Waals surface area contributed by atoms with Crippen molar-refractivity contribution >= 4 is 0 Å². The van der Waals surface area contributed by atoms with Gasteiger partial charge in [0.2, 0.25) is 0 Å². The van der Waals surface area contributed by atoms with Crippen LogP contribution in [0.15, 0.2) is 0 Å². The van der Waals surface area contributed by atoms with Crippen molar-refractivity contribution in [1.29, 1.82) is 0 Å². The molecule has 2 heteroatoms. The van der Waals surface area contributed by atoms with E-state index >= 15 is 0 Å². The van der Waals surface area contributed by atoms with E-state index in [9.17, 15) is 0 Å². The van der Waals surface area contributed by atoms with Gasteiger partial charge in [0, 0.05) is 6.54 Å². The number of rotatable bonds is 8. The van der Waals surface area contributed by atoms with Crippen molar-refractivity contribution in [3.8, 4) is 0 Å². The van der Waals surface area contributed by atoms with Crippen LogP contribution in [0.3, 0.4) is 0 Å². The molecule has 1 heterocycles. The second kappa shape index (κ2) is 9.00. The van der Waals surface area contributed by atoms with E-state index < -0.39 is 0 Å². The SMILES string of the molecule is CCCCN(CCCC)CC1CCNCC1. The zero-order chi connectivity index (χ0) is 11.6. The first kappa shape index (κ1) is 14.0. The molecule has 1 fully saturated rings. The zero-order valence-corrected chi connectivity index (χ0v) is 11.3. The van der Waals surface area contributed by atoms with Gasteiger partial charge in [-0.1, -0.05) is 26.7 Å². The van der Waals surface area contributed by atoms with Crippen molar-refractivity contribution in [3.63, 3.8) is 0 Å². The Morgan fingerprint density at radius 1 is 1.00 bits per heavy atom. The molecule has 1 aliphatic heterocycles. The summed E-state index contributed by atoms with van der Waals surface area (Å²) in [7, 11) is 0. The van der Waals surface area contributed by atoms with Crippen molar-refractivity contribution in [1.82, 2.24) is 10.2 Å². The molecule has 0 saturated carbocycles. The molecule has 0 radical (unpaired) electrons. The highest BCUT2D eigenvalue weighted by Crippen LogP contribution is 2.14. The summed E-state index contributed by atoms with van der Waals surface area (Å²) in [5.74, 6) is 0.954. The molecular weight excluding hydrogens is 196 g/mol. The maximum atomic E-state index is 3.46. The molecule has 1 rings (SSSR count). The Bertz CT molecular complexity index is 145. The summed E-state index contributed by atoms with van der Waals surface area (Å²) in [6.45, 7) is 11.0. The Morgan fingerprint density at radius 2 is 1.56 bits per heavy atom. The molecule has 96 valence electrons. The van der Waals surface area contributed by atoms with Gasteiger partial charge in [-0.15, -0.1) is 0 Å². The topological polar surface area (TPSA) is 15.3 Å². The van der Waals surface area contributed by atoms with Gasteiger partial charge in [0.05, 0.1) is 0 Å². The van der Waals surface area contributed by atoms with Crippen LogP contribution in [0.5, 0.6) is 0 Å². The van der Waals surface area contributed by atoms with Gasteiger partial charge in [-0.25, -0.2) is 0 Å². The van der Waals surface area contributed by atoms with Gasteiger partial charge >= 0.3 is 0 Å². The summed E-state index contributed by atoms with van der Waals surface area (Å²) in [6, 6.07) is 0. The van der Waals surface area contributed by atoms with E-state index in [4.69, 9.17) is 0 Å². The average Bonchev–Trinajstić information content (AvgIpc) is 2.34. The van der Waals surface area contributed by atoms with E-state index in [1.165, 1.54) is 71.2 Å². The summed E-state index contributed by atoms with van der Waals surface area (Å²) >= 11 is 0. The van der Waals surface area contributed by atoms with E-state index in [1.54, 1.807) is 0 Å². The lowest BCUT2D eigenvalue weighted by molar-refractivity contribution is 0.200. The first-order chi connectivity index (χ1) is 7.86. The van der Waals surface area contributed by atoms with E-state index in [-0.39, 0.29) is 0 Å². The highest BCUT2D eigenvalue weighted by Gasteiger charge is 2.16. The number of piperidine rings is 1. The lowest BCUT2D eigenvalue weighted by Crippen LogP contribution is -2.37. The smallest absolute Gasteiger partial charge is 0.00106 e. The summed E-state index contributed by atoms with van der Waals surface area (Å²) in [6.07, 6.45) is 8.16. The monoisotopic (exact) mass is 226 g/mol. The van der Waals surface area contributed by atoms with Crippen LogP contribution in [0.2, 0.25) is 0 Å². The zero-order valence-electron chi connectivity index (χ0n) is 11.3. The van der Waals surface area contributed by atoms with Crippen LogP contribution >= 0.6 is 0 Å². The molecule has 0 aromatic carbocycles. The predicted octanol–water partition coefficient (Wildman–Crippen LogP) is 2.89. The molecule has 0 aliphatic carbocycles. The van der Waals surface area contributed by atoms with Gasteiger partial charge in [-0.3, -0.25) is 0 Å². The Morgan fingerprint density at radius 3 is 2.06 bits per heavy atom. The van der Waals surface area contributed by atoms with Gasteiger partial charge in [-0.2, -0.15) is 0 Å². The Labute approximate surface area is 102 Å². The Balaban J connectivity index is 2.23. The first-order valence-electron chi connectivity index (χ1n) is 7.29. The molecule has 0 atom stereocenters. The van der Waals surface area contributed by atoms with Gasteiger partial charge < -0.3 is 10.2 Å². The molecule has 1 saturated heterocycles. The Hall–Kier alpha value is -0.0800. The maximum absolute atomic E-state index is 3.46. The molecule has 0 spiro atoms. The third kappa shape index (κ3) is 5.86. The Kier molecular flexibility index (Phi) is 7.87. The van der Waals surface area contributed by atoms with Crippen molar-refractivity contribution < 1.29 is 0 Å². The fourth-order valence-electron chi connectivity index (χ4n) is 2.49. The number of nitrogens with zero attached hydrogens (tertiary/aromatic N) is 1. The molecule has 16 heavy (non-hydrogen) atoms. The third-order valence-electron chi connectivity index (χ3n) is 3.63. The van der Waals surface area contributed by atoms with Crippen LogP contribution < -0.4 is 5.32 Å². The second-order valence-electron chi connectivity index (χ2n) is 5.20. The van der Waals surface area contributed by atoms with Crippen LogP contribution in [-0.2, 0) is 0 Å². The van der Waals surface area contributed by atoms with Crippen molar-refractivity contribution in [2.45, 2.75) is 52.4 Å². The van der Waals surface area contributed by atoms with Gasteiger partial charge in [-0.05, 0) is 57.8 Å².